The predicted octanol–water partition coefficient (Wildman–Crippen LogP) is 3.33. The van der Waals surface area contributed by atoms with E-state index in [4.69, 9.17) is 16.3 Å². The Balaban J connectivity index is 2.15. The van der Waals surface area contributed by atoms with Gasteiger partial charge in [-0.15, -0.1) is 0 Å². The molecule has 0 aliphatic carbocycles. The minimum Gasteiger partial charge on any atom is -0.458 e. The van der Waals surface area contributed by atoms with Crippen molar-refractivity contribution in [2.45, 2.75) is 19.4 Å². The number of ether oxygens (including phenoxy) is 1. The lowest BCUT2D eigenvalue weighted by Gasteiger charge is -2.19. The molecule has 0 saturated carbocycles. The summed E-state index contributed by atoms with van der Waals surface area (Å²) in [4.78, 5) is 35.4. The third-order valence-electron chi connectivity index (χ3n) is 3.43. The molecule has 25 heavy (non-hydrogen) atoms. The Morgan fingerprint density at radius 1 is 1.04 bits per heavy atom. The van der Waals surface area contributed by atoms with Crippen LogP contribution in [-0.4, -0.2) is 24.3 Å². The summed E-state index contributed by atoms with van der Waals surface area (Å²) >= 11 is 6.05. The summed E-state index contributed by atoms with van der Waals surface area (Å²) in [7, 11) is 0. The van der Waals surface area contributed by atoms with E-state index in [0.717, 1.165) is 5.56 Å². The maximum atomic E-state index is 12.5. The van der Waals surface area contributed by atoms with Crippen molar-refractivity contribution < 1.29 is 19.1 Å². The molecule has 6 heteroatoms. The molecule has 0 spiro atoms. The number of Topliss-reactive ketones (excluding diaryl/α,β-unsaturated/α-hetero) is 1. The van der Waals surface area contributed by atoms with Crippen LogP contribution in [0.3, 0.4) is 0 Å². The van der Waals surface area contributed by atoms with E-state index in [1.165, 1.54) is 6.92 Å². The highest BCUT2D eigenvalue weighted by molar-refractivity contribution is 6.33. The number of carbonyl (C=O) groups is 3. The summed E-state index contributed by atoms with van der Waals surface area (Å²) in [6.45, 7) is 1.06. The SMILES string of the molecule is CC(=O)COC(=O)CC(NC(=O)c1ccccc1Cl)c1ccccc1. The van der Waals surface area contributed by atoms with Crippen molar-refractivity contribution in [3.8, 4) is 0 Å². The number of esters is 1. The second-order valence-corrected chi connectivity index (χ2v) is 5.89. The van der Waals surface area contributed by atoms with Crippen LogP contribution in [0.15, 0.2) is 54.6 Å². The van der Waals surface area contributed by atoms with Gasteiger partial charge in [0.2, 0.25) is 0 Å². The van der Waals surface area contributed by atoms with Gasteiger partial charge in [0.05, 0.1) is 23.0 Å². The molecule has 0 bridgehead atoms. The molecule has 2 rings (SSSR count). The molecule has 0 saturated heterocycles. The third kappa shape index (κ3) is 5.72. The Bertz CT molecular complexity index is 761. The average molecular weight is 360 g/mol. The van der Waals surface area contributed by atoms with E-state index in [9.17, 15) is 14.4 Å². The fourth-order valence-electron chi connectivity index (χ4n) is 2.23. The number of benzene rings is 2. The number of rotatable bonds is 7. The Labute approximate surface area is 150 Å². The van der Waals surface area contributed by atoms with E-state index < -0.39 is 12.0 Å². The molecule has 5 nitrogen and oxygen atoms in total. The molecule has 0 aliphatic heterocycles. The number of ketones is 1. The van der Waals surface area contributed by atoms with Crippen molar-refractivity contribution in [2.75, 3.05) is 6.61 Å². The van der Waals surface area contributed by atoms with Crippen molar-refractivity contribution >= 4 is 29.3 Å². The van der Waals surface area contributed by atoms with Crippen LogP contribution in [0, 0.1) is 0 Å². The highest BCUT2D eigenvalue weighted by Gasteiger charge is 2.21. The van der Waals surface area contributed by atoms with Crippen LogP contribution in [0.1, 0.15) is 35.3 Å². The van der Waals surface area contributed by atoms with Crippen molar-refractivity contribution in [1.29, 1.82) is 0 Å². The summed E-state index contributed by atoms with van der Waals surface area (Å²) in [6.07, 6.45) is -0.0898. The smallest absolute Gasteiger partial charge is 0.308 e. The van der Waals surface area contributed by atoms with E-state index in [1.807, 2.05) is 18.2 Å². The first-order chi connectivity index (χ1) is 12.0. The Morgan fingerprint density at radius 3 is 2.32 bits per heavy atom. The first kappa shape index (κ1) is 18.7. The van der Waals surface area contributed by atoms with Gasteiger partial charge in [-0.25, -0.2) is 0 Å². The topological polar surface area (TPSA) is 72.5 Å². The van der Waals surface area contributed by atoms with Gasteiger partial charge < -0.3 is 10.1 Å². The summed E-state index contributed by atoms with van der Waals surface area (Å²) in [5.74, 6) is -1.20. The second-order valence-electron chi connectivity index (χ2n) is 5.48. The van der Waals surface area contributed by atoms with E-state index >= 15 is 0 Å². The summed E-state index contributed by atoms with van der Waals surface area (Å²) in [5, 5.41) is 3.12. The fourth-order valence-corrected chi connectivity index (χ4v) is 2.45. The molecule has 1 amide bonds. The maximum absolute atomic E-state index is 12.5. The van der Waals surface area contributed by atoms with Crippen LogP contribution in [0.4, 0.5) is 0 Å². The van der Waals surface area contributed by atoms with E-state index in [0.29, 0.717) is 10.6 Å². The molecule has 2 aromatic carbocycles. The average Bonchev–Trinajstić information content (AvgIpc) is 2.60. The molecule has 2 aromatic rings. The zero-order valence-corrected chi connectivity index (χ0v) is 14.5. The summed E-state index contributed by atoms with van der Waals surface area (Å²) < 4.78 is 4.90. The Kier molecular flexibility index (Phi) is 6.71. The van der Waals surface area contributed by atoms with Gasteiger partial charge in [0.15, 0.2) is 5.78 Å². The second kappa shape index (κ2) is 8.99. The normalized spacial score (nSPS) is 11.4. The number of hydrogen-bond donors (Lipinski definition) is 1. The highest BCUT2D eigenvalue weighted by Crippen LogP contribution is 2.20. The van der Waals surface area contributed by atoms with Crippen LogP contribution >= 0.6 is 11.6 Å². The van der Waals surface area contributed by atoms with Gasteiger partial charge in [-0.05, 0) is 24.6 Å². The van der Waals surface area contributed by atoms with Gasteiger partial charge in [0.25, 0.3) is 5.91 Å². The van der Waals surface area contributed by atoms with E-state index in [-0.39, 0.29) is 24.7 Å². The Hall–Kier alpha value is -2.66. The van der Waals surface area contributed by atoms with Crippen LogP contribution in [-0.2, 0) is 14.3 Å². The Morgan fingerprint density at radius 2 is 1.68 bits per heavy atom. The number of carbonyl (C=O) groups excluding carboxylic acids is 3. The van der Waals surface area contributed by atoms with E-state index in [1.54, 1.807) is 36.4 Å². The number of hydrogen-bond acceptors (Lipinski definition) is 4. The minimum atomic E-state index is -0.593. The first-order valence-corrected chi connectivity index (χ1v) is 8.10. The fraction of sp³-hybridized carbons (Fsp3) is 0.211. The van der Waals surface area contributed by atoms with Gasteiger partial charge in [0, 0.05) is 0 Å². The number of nitrogens with one attached hydrogen (secondary N) is 1. The van der Waals surface area contributed by atoms with Crippen LogP contribution < -0.4 is 5.32 Å². The quantitative estimate of drug-likeness (QED) is 0.769. The molecule has 130 valence electrons. The van der Waals surface area contributed by atoms with Crippen molar-refractivity contribution in [3.05, 3.63) is 70.7 Å². The number of amides is 1. The minimum absolute atomic E-state index is 0.0898. The van der Waals surface area contributed by atoms with Gasteiger partial charge in [0.1, 0.15) is 6.61 Å². The van der Waals surface area contributed by atoms with Crippen molar-refractivity contribution in [1.82, 2.24) is 5.32 Å². The molecule has 0 heterocycles. The van der Waals surface area contributed by atoms with Crippen LogP contribution in [0.2, 0.25) is 5.02 Å². The molecule has 1 unspecified atom stereocenters. The molecule has 0 fully saturated rings. The lowest BCUT2D eigenvalue weighted by Crippen LogP contribution is -2.31. The number of halogens is 1. The predicted molar refractivity (Wildman–Crippen MR) is 94.4 cm³/mol. The molecular weight excluding hydrogens is 342 g/mol. The van der Waals surface area contributed by atoms with Gasteiger partial charge in [-0.2, -0.15) is 0 Å². The summed E-state index contributed by atoms with van der Waals surface area (Å²) in [6, 6.07) is 15.1. The van der Waals surface area contributed by atoms with Gasteiger partial charge >= 0.3 is 5.97 Å². The first-order valence-electron chi connectivity index (χ1n) is 7.72. The lowest BCUT2D eigenvalue weighted by atomic mass is 10.0. The maximum Gasteiger partial charge on any atom is 0.308 e. The summed E-state index contributed by atoms with van der Waals surface area (Å²) in [5.41, 5.74) is 1.07. The van der Waals surface area contributed by atoms with Gasteiger partial charge in [-0.1, -0.05) is 54.1 Å². The van der Waals surface area contributed by atoms with Crippen LogP contribution in [0.25, 0.3) is 0 Å². The van der Waals surface area contributed by atoms with Crippen LogP contribution in [0.5, 0.6) is 0 Å². The zero-order chi connectivity index (χ0) is 18.2. The molecule has 0 aromatic heterocycles. The molecular formula is C19H18ClNO4. The zero-order valence-electron chi connectivity index (χ0n) is 13.7. The lowest BCUT2D eigenvalue weighted by molar-refractivity contribution is -0.148. The largest absolute Gasteiger partial charge is 0.458 e. The standard InChI is InChI=1S/C19H18ClNO4/c1-13(22)12-25-18(23)11-17(14-7-3-2-4-8-14)21-19(24)15-9-5-6-10-16(15)20/h2-10,17H,11-12H2,1H3,(H,21,24). The van der Waals surface area contributed by atoms with Crippen molar-refractivity contribution in [3.63, 3.8) is 0 Å². The molecule has 0 aliphatic rings. The molecule has 0 radical (unpaired) electrons. The molecule has 1 N–H and O–H groups in total. The molecule has 1 atom stereocenters. The van der Waals surface area contributed by atoms with Gasteiger partial charge in [-0.3, -0.25) is 14.4 Å². The van der Waals surface area contributed by atoms with Crippen molar-refractivity contribution in [2.24, 2.45) is 0 Å². The highest BCUT2D eigenvalue weighted by atomic mass is 35.5. The third-order valence-corrected chi connectivity index (χ3v) is 3.76. The van der Waals surface area contributed by atoms with E-state index in [2.05, 4.69) is 5.32 Å². The monoisotopic (exact) mass is 359 g/mol.